The predicted octanol–water partition coefficient (Wildman–Crippen LogP) is 0.403. The number of β-lactam (4-membered cyclic amide) rings is 3. The number of carboxylic acid groups (broad SMARTS) is 1. The number of carbonyl (C=O) groups excluding carboxylic acids is 6. The molecule has 0 bridgehead atoms. The van der Waals surface area contributed by atoms with Crippen LogP contribution in [-0.2, 0) is 46.9 Å². The maximum Gasteiger partial charge on any atom is 1.00 e. The van der Waals surface area contributed by atoms with Crippen molar-refractivity contribution in [3.05, 3.63) is 93.3 Å². The van der Waals surface area contributed by atoms with E-state index in [2.05, 4.69) is 9.31 Å². The summed E-state index contributed by atoms with van der Waals surface area (Å²) >= 11 is 2.95. The summed E-state index contributed by atoms with van der Waals surface area (Å²) in [7, 11) is 5.36. The number of phosphoric ester groups is 1. The van der Waals surface area contributed by atoms with E-state index in [9.17, 15) is 53.8 Å². The van der Waals surface area contributed by atoms with Gasteiger partial charge < -0.3 is 77.9 Å². The number of thioether (sulfide) groups is 2. The Labute approximate surface area is 502 Å². The Hall–Kier alpha value is -3.42. The van der Waals surface area contributed by atoms with E-state index in [-0.39, 0.29) is 150 Å². The SMILES string of the molecule is CCSC1=C(C(=O)[O-])N2C(=O)C(C(C)O)C2C1C.O.O.[B]N=POC(=O)C1=C(OP(=O)(Oc2ccccc2)Oc2ccccc2)C(C)C2C(C(C)O)C(=O)N12.[B]N=POC(=O)C1=C(SCC)C(C)C2C(C(C)O)C(=O)N12.[K+]. The molecule has 0 spiro atoms. The van der Waals surface area contributed by atoms with Crippen LogP contribution in [0.3, 0.4) is 0 Å². The van der Waals surface area contributed by atoms with Gasteiger partial charge in [-0.25, -0.2) is 9.59 Å². The van der Waals surface area contributed by atoms with Gasteiger partial charge in [0.05, 0.1) is 65.9 Å². The molecule has 2 aromatic carbocycles. The quantitative estimate of drug-likeness (QED) is 0.103. The zero-order valence-corrected chi connectivity index (χ0v) is 50.8. The molecule has 7 N–H and O–H groups in total. The Balaban J connectivity index is 0.000000320. The summed E-state index contributed by atoms with van der Waals surface area (Å²) in [5.74, 6) is -4.56. The van der Waals surface area contributed by atoms with Gasteiger partial charge in [0.2, 0.25) is 34.9 Å². The standard InChI is InChI=1S/C22H21BN2O8P2.C12H16BN2O4PS.C12H17NO4S.K.2H2O/c1-13-18-17(14(2)26)21(27)25(18)19(22(28)30-34-24-23)20(13)33-35(29,31-15-9-5-3-6-10-15)32-16-11-7-4-8-12-16;1-4-21-10-5(2)8-7(6(3)16)11(17)15(8)9(10)12(18)19-20-14-13;1-4-18-10-5(2)8-7(6(3)14)11(15)13(8)9(10)12(16)17;;;/h3-14,17-18,26H,1-2H3;5-8,16H,4H2,1-3H3;5-8,14H,4H2,1-3H3,(H,16,17);;2*1H2/q;;;+1;;/p-1. The number of hydrogen-bond donors (Lipinski definition) is 3. The molecule has 408 valence electrons. The zero-order chi connectivity index (χ0) is 54.5. The molecule has 6 aliphatic heterocycles. The third-order valence-electron chi connectivity index (χ3n) is 13.0. The summed E-state index contributed by atoms with van der Waals surface area (Å²) in [5, 5.41) is 40.7. The summed E-state index contributed by atoms with van der Waals surface area (Å²) in [5.41, 5.74) is 0.00717. The van der Waals surface area contributed by atoms with Crippen LogP contribution in [0.2, 0.25) is 0 Å². The van der Waals surface area contributed by atoms with Gasteiger partial charge in [-0.05, 0) is 56.5 Å². The van der Waals surface area contributed by atoms with E-state index < -0.39 is 79.7 Å². The van der Waals surface area contributed by atoms with Crippen molar-refractivity contribution in [2.24, 2.45) is 44.8 Å². The molecule has 8 rings (SSSR count). The topological polar surface area (TPSA) is 347 Å². The third-order valence-corrected chi connectivity index (χ3v) is 17.3. The Kier molecular flexibility index (Phi) is 25.9. The first-order valence-electron chi connectivity index (χ1n) is 23.3. The minimum absolute atomic E-state index is 0. The molecule has 3 amide bonds. The Morgan fingerprint density at radius 3 is 1.32 bits per heavy atom. The number of carboxylic acids is 1. The summed E-state index contributed by atoms with van der Waals surface area (Å²) in [6.07, 6.45) is -2.47. The zero-order valence-electron chi connectivity index (χ0n) is 43.3. The average molecular weight is 1190 g/mol. The molecule has 12 atom stereocenters. The van der Waals surface area contributed by atoms with Crippen LogP contribution < -0.4 is 65.5 Å². The number of carbonyl (C=O) groups is 6. The molecule has 6 aliphatic rings. The van der Waals surface area contributed by atoms with E-state index in [0.717, 1.165) is 16.4 Å². The molecule has 31 heteroatoms. The van der Waals surface area contributed by atoms with Crippen LogP contribution in [0.4, 0.5) is 0 Å². The fourth-order valence-corrected chi connectivity index (χ4v) is 13.8. The normalized spacial score (nSPS) is 25.8. The molecular formula is C46H57B2KN5O18P3S2. The van der Waals surface area contributed by atoms with Crippen molar-refractivity contribution >= 4 is 100 Å². The van der Waals surface area contributed by atoms with Crippen LogP contribution in [0.5, 0.6) is 11.5 Å². The van der Waals surface area contributed by atoms with Crippen molar-refractivity contribution < 1.29 is 139 Å². The average Bonchev–Trinajstić information content (AvgIpc) is 3.84. The first-order chi connectivity index (χ1) is 35.1. The smallest absolute Gasteiger partial charge is 0.543 e. The second kappa shape index (κ2) is 29.3. The van der Waals surface area contributed by atoms with E-state index >= 15 is 0 Å². The minimum atomic E-state index is -4.46. The molecule has 23 nitrogen and oxygen atoms in total. The van der Waals surface area contributed by atoms with Crippen molar-refractivity contribution in [3.8, 4) is 11.5 Å². The van der Waals surface area contributed by atoms with E-state index in [1.165, 1.54) is 45.1 Å². The summed E-state index contributed by atoms with van der Waals surface area (Å²) in [6.45, 7) is 14.1. The second-order valence-corrected chi connectivity index (χ2v) is 22.8. The van der Waals surface area contributed by atoms with Crippen molar-refractivity contribution in [2.75, 3.05) is 11.5 Å². The molecule has 3 fully saturated rings. The molecule has 0 aromatic heterocycles. The van der Waals surface area contributed by atoms with Crippen molar-refractivity contribution in [1.29, 1.82) is 0 Å². The van der Waals surface area contributed by atoms with E-state index in [1.54, 1.807) is 81.4 Å². The summed E-state index contributed by atoms with van der Waals surface area (Å²) < 4.78 is 47.4. The van der Waals surface area contributed by atoms with E-state index in [4.69, 9.17) is 38.6 Å². The van der Waals surface area contributed by atoms with Crippen LogP contribution in [0, 0.1) is 35.5 Å². The van der Waals surface area contributed by atoms with Gasteiger partial charge in [-0.1, -0.05) is 71.0 Å². The van der Waals surface area contributed by atoms with E-state index in [1.807, 2.05) is 27.7 Å². The predicted molar refractivity (Wildman–Crippen MR) is 280 cm³/mol. The van der Waals surface area contributed by atoms with Crippen molar-refractivity contribution in [2.45, 2.75) is 91.8 Å². The Bertz CT molecular complexity index is 2670. The maximum absolute atomic E-state index is 13.9. The number of nitrogens with zero attached hydrogens (tertiary/aromatic N) is 5. The van der Waals surface area contributed by atoms with E-state index in [0.29, 0.717) is 4.91 Å². The first kappa shape index (κ1) is 67.9. The molecule has 0 aliphatic carbocycles. The number of rotatable bonds is 18. The number of fused-ring (bicyclic) bond motifs is 3. The molecular weight excluding hydrogens is 1130 g/mol. The number of amides is 3. The number of aliphatic carboxylic acids is 1. The van der Waals surface area contributed by atoms with Crippen LogP contribution in [0.1, 0.15) is 55.4 Å². The molecule has 4 radical (unpaired) electrons. The number of para-hydroxylation sites is 2. The van der Waals surface area contributed by atoms with Crippen LogP contribution in [0.25, 0.3) is 0 Å². The molecule has 3 saturated heterocycles. The van der Waals surface area contributed by atoms with Gasteiger partial charge >= 0.3 is 71.1 Å². The maximum atomic E-state index is 13.9. The van der Waals surface area contributed by atoms with Gasteiger partial charge in [0.25, 0.3) is 16.0 Å². The van der Waals surface area contributed by atoms with Gasteiger partial charge in [0.1, 0.15) is 23.0 Å². The molecule has 0 saturated carbocycles. The fourth-order valence-electron chi connectivity index (χ4n) is 9.96. The number of aliphatic hydroxyl groups is 3. The Morgan fingerprint density at radius 1 is 0.636 bits per heavy atom. The van der Waals surface area contributed by atoms with Crippen LogP contribution in [-0.4, -0.2) is 141 Å². The minimum Gasteiger partial charge on any atom is -0.543 e. The molecule has 2 aromatic rings. The van der Waals surface area contributed by atoms with Gasteiger partial charge in [-0.15, -0.1) is 23.5 Å². The first-order valence-corrected chi connectivity index (χ1v) is 28.2. The largest absolute Gasteiger partial charge is 1.00 e. The molecule has 6 heterocycles. The van der Waals surface area contributed by atoms with Crippen LogP contribution in [0.15, 0.2) is 103 Å². The number of benzene rings is 2. The van der Waals surface area contributed by atoms with Crippen molar-refractivity contribution in [1.82, 2.24) is 14.7 Å². The Morgan fingerprint density at radius 2 is 0.974 bits per heavy atom. The van der Waals surface area contributed by atoms with Crippen molar-refractivity contribution in [3.63, 3.8) is 0 Å². The van der Waals surface area contributed by atoms with Crippen LogP contribution >= 0.6 is 48.5 Å². The molecule has 77 heavy (non-hydrogen) atoms. The monoisotopic (exact) mass is 1190 g/mol. The van der Waals surface area contributed by atoms with Gasteiger partial charge in [0.15, 0.2) is 5.70 Å². The fraction of sp³-hybridized carbons (Fsp3) is 0.478. The van der Waals surface area contributed by atoms with Gasteiger partial charge in [-0.2, -0.15) is 4.57 Å². The summed E-state index contributed by atoms with van der Waals surface area (Å²) in [6, 6.07) is 15.4. The third kappa shape index (κ3) is 13.8. The number of phosphoric acid groups is 1. The summed E-state index contributed by atoms with van der Waals surface area (Å²) in [4.78, 5) is 78.6. The molecule has 12 unspecified atom stereocenters. The van der Waals surface area contributed by atoms with Gasteiger partial charge in [-0.3, -0.25) is 19.3 Å². The second-order valence-electron chi connectivity index (χ2n) is 17.6. The number of hydrogen-bond acceptors (Lipinski definition) is 20. The number of aliphatic hydroxyl groups excluding tert-OH is 3. The van der Waals surface area contributed by atoms with Gasteiger partial charge in [0, 0.05) is 27.6 Å².